The summed E-state index contributed by atoms with van der Waals surface area (Å²) in [6.07, 6.45) is 2.19. The molecule has 3 aromatic rings. The Morgan fingerprint density at radius 2 is 1.92 bits per heavy atom. The Labute approximate surface area is 212 Å². The zero-order chi connectivity index (χ0) is 25.9. The minimum atomic E-state index is -0.513. The van der Waals surface area contributed by atoms with Gasteiger partial charge in [-0.2, -0.15) is 9.97 Å². The van der Waals surface area contributed by atoms with E-state index in [1.54, 1.807) is 18.2 Å². The van der Waals surface area contributed by atoms with E-state index >= 15 is 0 Å². The second-order valence-electron chi connectivity index (χ2n) is 9.00. The molecular formula is C23H28N8O4S. The number of nitrogens with one attached hydrogen (secondary N) is 3. The molecule has 0 aromatic carbocycles. The smallest absolute Gasteiger partial charge is 0.325 e. The van der Waals surface area contributed by atoms with Crippen molar-refractivity contribution in [3.05, 3.63) is 40.7 Å². The maximum Gasteiger partial charge on any atom is 0.325 e. The summed E-state index contributed by atoms with van der Waals surface area (Å²) in [5.41, 5.74) is 0.915. The summed E-state index contributed by atoms with van der Waals surface area (Å²) in [4.78, 5) is 45.7. The van der Waals surface area contributed by atoms with Gasteiger partial charge in [0.25, 0.3) is 5.91 Å². The van der Waals surface area contributed by atoms with Gasteiger partial charge < -0.3 is 25.0 Å². The number of hydrogen-bond acceptors (Lipinski definition) is 10. The van der Waals surface area contributed by atoms with Crippen molar-refractivity contribution >= 4 is 39.9 Å². The van der Waals surface area contributed by atoms with E-state index in [2.05, 4.69) is 40.8 Å². The fraction of sp³-hybridized carbons (Fsp3) is 0.391. The molecule has 3 amide bonds. The molecule has 0 atom stereocenters. The Hall–Kier alpha value is -4.00. The zero-order valence-corrected chi connectivity index (χ0v) is 21.5. The molecule has 13 heteroatoms. The number of fused-ring (bicyclic) bond motifs is 1. The van der Waals surface area contributed by atoms with Gasteiger partial charge >= 0.3 is 12.0 Å². The van der Waals surface area contributed by atoms with Crippen LogP contribution in [0.2, 0.25) is 0 Å². The van der Waals surface area contributed by atoms with Gasteiger partial charge in [-0.1, -0.05) is 11.3 Å². The third-order valence-electron chi connectivity index (χ3n) is 5.10. The summed E-state index contributed by atoms with van der Waals surface area (Å²) >= 11 is 1.39. The van der Waals surface area contributed by atoms with E-state index in [4.69, 9.17) is 9.47 Å². The maximum absolute atomic E-state index is 12.7. The van der Waals surface area contributed by atoms with Gasteiger partial charge in [-0.15, -0.1) is 0 Å². The largest absolute Gasteiger partial charge is 0.481 e. The molecule has 4 heterocycles. The number of ether oxygens (including phenoxy) is 2. The molecule has 0 bridgehead atoms. The molecular weight excluding hydrogens is 484 g/mol. The second kappa shape index (κ2) is 10.3. The number of methoxy groups -OCH3 is 2. The molecule has 3 N–H and O–H groups in total. The number of pyridine rings is 1. The number of rotatable bonds is 6. The Morgan fingerprint density at radius 1 is 1.11 bits per heavy atom. The van der Waals surface area contributed by atoms with Crippen LogP contribution in [-0.4, -0.2) is 58.2 Å². The molecule has 0 aliphatic carbocycles. The summed E-state index contributed by atoms with van der Waals surface area (Å²) in [5.74, 6) is 0.723. The van der Waals surface area contributed by atoms with Crippen LogP contribution in [0.25, 0.3) is 0 Å². The highest BCUT2D eigenvalue weighted by Gasteiger charge is 2.24. The molecule has 0 saturated carbocycles. The highest BCUT2D eigenvalue weighted by molar-refractivity contribution is 7.15. The number of hydrogen-bond donors (Lipinski definition) is 3. The van der Waals surface area contributed by atoms with Crippen LogP contribution < -0.4 is 30.3 Å². The molecule has 12 nitrogen and oxygen atoms in total. The van der Waals surface area contributed by atoms with Crippen LogP contribution in [0.4, 0.5) is 21.4 Å². The van der Waals surface area contributed by atoms with E-state index in [-0.39, 0.29) is 17.6 Å². The van der Waals surface area contributed by atoms with Crippen molar-refractivity contribution in [1.29, 1.82) is 0 Å². The lowest BCUT2D eigenvalue weighted by molar-refractivity contribution is 0.0915. The van der Waals surface area contributed by atoms with Crippen molar-refractivity contribution < 1.29 is 19.1 Å². The van der Waals surface area contributed by atoms with E-state index in [0.717, 1.165) is 10.6 Å². The van der Waals surface area contributed by atoms with Crippen LogP contribution in [-0.2, 0) is 13.0 Å². The Kier molecular flexibility index (Phi) is 7.20. The van der Waals surface area contributed by atoms with Crippen LogP contribution in [0, 0.1) is 0 Å². The fourth-order valence-electron chi connectivity index (χ4n) is 3.53. The first kappa shape index (κ1) is 25.1. The van der Waals surface area contributed by atoms with Crippen molar-refractivity contribution in [2.45, 2.75) is 39.3 Å². The van der Waals surface area contributed by atoms with Gasteiger partial charge in [0.2, 0.25) is 5.88 Å². The lowest BCUT2D eigenvalue weighted by Crippen LogP contribution is -2.41. The average molecular weight is 513 g/mol. The number of amides is 3. The molecule has 36 heavy (non-hydrogen) atoms. The number of urea groups is 1. The van der Waals surface area contributed by atoms with Crippen molar-refractivity contribution in [2.24, 2.45) is 0 Å². The van der Waals surface area contributed by atoms with E-state index in [1.807, 2.05) is 20.8 Å². The number of carbonyl (C=O) groups is 2. The topological polar surface area (TPSA) is 143 Å². The predicted octanol–water partition coefficient (Wildman–Crippen LogP) is 3.08. The third kappa shape index (κ3) is 5.97. The van der Waals surface area contributed by atoms with E-state index in [0.29, 0.717) is 42.0 Å². The summed E-state index contributed by atoms with van der Waals surface area (Å²) in [6.45, 7) is 6.87. The zero-order valence-electron chi connectivity index (χ0n) is 20.7. The van der Waals surface area contributed by atoms with Gasteiger partial charge in [-0.05, 0) is 32.9 Å². The van der Waals surface area contributed by atoms with E-state index < -0.39 is 11.6 Å². The van der Waals surface area contributed by atoms with Gasteiger partial charge in [0, 0.05) is 35.6 Å². The maximum atomic E-state index is 12.7. The number of thiazole rings is 1. The van der Waals surface area contributed by atoms with Gasteiger partial charge in [-0.25, -0.2) is 14.8 Å². The number of aromatic nitrogens is 4. The van der Waals surface area contributed by atoms with Gasteiger partial charge in [0.15, 0.2) is 10.8 Å². The van der Waals surface area contributed by atoms with Crippen LogP contribution in [0.5, 0.6) is 11.9 Å². The van der Waals surface area contributed by atoms with Crippen molar-refractivity contribution in [1.82, 2.24) is 25.3 Å². The van der Waals surface area contributed by atoms with Crippen LogP contribution in [0.1, 0.15) is 41.8 Å². The summed E-state index contributed by atoms with van der Waals surface area (Å²) in [6, 6.07) is 4.74. The number of anilines is 3. The lowest BCUT2D eigenvalue weighted by atomic mass is 10.1. The first-order valence-corrected chi connectivity index (χ1v) is 12.0. The standard InChI is InChI=1S/C23H28N8O4S/c1-23(2,3)30-19(32)18-14(7-6-9-24-18)25-20(33)29-22-26-13-8-10-31(12-15(13)36-22)16-11-17(34-4)28-21(27-16)35-5/h6-7,9,11H,8,10,12H2,1-5H3,(H,30,32)(H2,25,26,29,33). The highest BCUT2D eigenvalue weighted by Crippen LogP contribution is 2.31. The molecule has 0 spiro atoms. The van der Waals surface area contributed by atoms with Gasteiger partial charge in [0.05, 0.1) is 32.1 Å². The van der Waals surface area contributed by atoms with Gasteiger partial charge in [-0.3, -0.25) is 10.1 Å². The molecule has 0 fully saturated rings. The number of carbonyl (C=O) groups excluding carboxylic acids is 2. The monoisotopic (exact) mass is 512 g/mol. The Balaban J connectivity index is 1.44. The molecule has 4 rings (SSSR count). The average Bonchev–Trinajstić information content (AvgIpc) is 3.24. The molecule has 0 saturated heterocycles. The molecule has 1 aliphatic rings. The Bertz CT molecular complexity index is 1250. The minimum Gasteiger partial charge on any atom is -0.481 e. The summed E-state index contributed by atoms with van der Waals surface area (Å²) in [7, 11) is 3.04. The normalized spacial score (nSPS) is 13.0. The summed E-state index contributed by atoms with van der Waals surface area (Å²) in [5, 5.41) is 8.78. The Morgan fingerprint density at radius 3 is 2.64 bits per heavy atom. The van der Waals surface area contributed by atoms with Gasteiger partial charge in [0.1, 0.15) is 5.82 Å². The predicted molar refractivity (Wildman–Crippen MR) is 136 cm³/mol. The quantitative estimate of drug-likeness (QED) is 0.454. The van der Waals surface area contributed by atoms with Crippen LogP contribution in [0.15, 0.2) is 24.4 Å². The molecule has 0 radical (unpaired) electrons. The lowest BCUT2D eigenvalue weighted by Gasteiger charge is -2.27. The highest BCUT2D eigenvalue weighted by atomic mass is 32.1. The minimum absolute atomic E-state index is 0.132. The van der Waals surface area contributed by atoms with Crippen LogP contribution >= 0.6 is 11.3 Å². The summed E-state index contributed by atoms with van der Waals surface area (Å²) < 4.78 is 10.4. The van der Waals surface area contributed by atoms with Crippen LogP contribution in [0.3, 0.4) is 0 Å². The molecule has 1 aliphatic heterocycles. The molecule has 3 aromatic heterocycles. The molecule has 0 unspecified atom stereocenters. The number of nitrogens with zero attached hydrogens (tertiary/aromatic N) is 5. The third-order valence-corrected chi connectivity index (χ3v) is 6.09. The van der Waals surface area contributed by atoms with Crippen molar-refractivity contribution in [3.63, 3.8) is 0 Å². The first-order chi connectivity index (χ1) is 17.1. The first-order valence-electron chi connectivity index (χ1n) is 11.2. The van der Waals surface area contributed by atoms with E-state index in [9.17, 15) is 9.59 Å². The van der Waals surface area contributed by atoms with Crippen molar-refractivity contribution in [3.8, 4) is 11.9 Å². The SMILES string of the molecule is COc1cc(N2CCc3nc(NC(=O)Nc4cccnc4C(=O)NC(C)(C)C)sc3C2)nc(OC)n1. The fourth-order valence-corrected chi connectivity index (χ4v) is 4.55. The second-order valence-corrected chi connectivity index (χ2v) is 10.1. The molecule has 190 valence electrons. The van der Waals surface area contributed by atoms with E-state index in [1.165, 1.54) is 31.8 Å². The van der Waals surface area contributed by atoms with Crippen molar-refractivity contribution in [2.75, 3.05) is 36.3 Å².